The number of hydrogen-bond acceptors (Lipinski definition) is 5. The molecule has 6 nitrogen and oxygen atoms in total. The molecule has 1 amide bonds. The second-order valence-corrected chi connectivity index (χ2v) is 5.95. The van der Waals surface area contributed by atoms with Crippen LogP contribution in [0.15, 0.2) is 30.3 Å². The summed E-state index contributed by atoms with van der Waals surface area (Å²) in [5.74, 6) is 0.379. The molecule has 0 radical (unpaired) electrons. The smallest absolute Gasteiger partial charge is 0.240 e. The van der Waals surface area contributed by atoms with Crippen molar-refractivity contribution in [2.45, 2.75) is 31.0 Å². The maximum Gasteiger partial charge on any atom is 0.240 e. The van der Waals surface area contributed by atoms with Gasteiger partial charge in [-0.2, -0.15) is 0 Å². The molecule has 0 saturated heterocycles. The normalized spacial score (nSPS) is 23.3. The molecule has 3 N–H and O–H groups in total. The fraction of sp³-hybridized carbons (Fsp3) is 0.412. The van der Waals surface area contributed by atoms with Gasteiger partial charge in [-0.1, -0.05) is 18.2 Å². The molecular weight excluding hydrogens is 294 g/mol. The summed E-state index contributed by atoms with van der Waals surface area (Å²) in [5, 5.41) is 3.92. The molecule has 0 spiro atoms. The van der Waals surface area contributed by atoms with Crippen molar-refractivity contribution < 1.29 is 14.3 Å². The van der Waals surface area contributed by atoms with Crippen LogP contribution < -0.4 is 15.8 Å². The van der Waals surface area contributed by atoms with Gasteiger partial charge in [0.1, 0.15) is 5.54 Å². The zero-order chi connectivity index (χ0) is 16.4. The van der Waals surface area contributed by atoms with Gasteiger partial charge in [0.15, 0.2) is 0 Å². The third-order valence-corrected chi connectivity index (χ3v) is 4.40. The van der Waals surface area contributed by atoms with Crippen molar-refractivity contribution in [1.82, 2.24) is 10.3 Å². The van der Waals surface area contributed by atoms with Gasteiger partial charge in [0, 0.05) is 37.9 Å². The second kappa shape index (κ2) is 6.14. The van der Waals surface area contributed by atoms with Crippen LogP contribution >= 0.6 is 0 Å². The molecule has 23 heavy (non-hydrogen) atoms. The van der Waals surface area contributed by atoms with Crippen LogP contribution in [0.4, 0.5) is 0 Å². The van der Waals surface area contributed by atoms with E-state index >= 15 is 0 Å². The Kier molecular flexibility index (Phi) is 4.19. The number of carbonyl (C=O) groups excluding carboxylic acids is 1. The van der Waals surface area contributed by atoms with E-state index in [-0.39, 0.29) is 12.0 Å². The van der Waals surface area contributed by atoms with Crippen molar-refractivity contribution in [3.63, 3.8) is 0 Å². The summed E-state index contributed by atoms with van der Waals surface area (Å²) in [6.07, 6.45) is 1.18. The van der Waals surface area contributed by atoms with Crippen LogP contribution in [-0.4, -0.2) is 36.8 Å². The van der Waals surface area contributed by atoms with Crippen LogP contribution in [0.25, 0.3) is 10.9 Å². The Morgan fingerprint density at radius 3 is 2.83 bits per heavy atom. The molecule has 1 heterocycles. The van der Waals surface area contributed by atoms with Crippen LogP contribution in [-0.2, 0) is 16.1 Å². The molecular formula is C17H21N3O3. The highest BCUT2D eigenvalue weighted by Crippen LogP contribution is 2.32. The Balaban J connectivity index is 1.75. The van der Waals surface area contributed by atoms with E-state index < -0.39 is 5.54 Å². The zero-order valence-electron chi connectivity index (χ0n) is 13.3. The number of ether oxygens (including phenoxy) is 2. The van der Waals surface area contributed by atoms with Gasteiger partial charge >= 0.3 is 0 Å². The van der Waals surface area contributed by atoms with E-state index in [1.165, 1.54) is 0 Å². The maximum atomic E-state index is 12.3. The van der Waals surface area contributed by atoms with Crippen LogP contribution in [0.3, 0.4) is 0 Å². The summed E-state index contributed by atoms with van der Waals surface area (Å²) in [5.41, 5.74) is 7.08. The Labute approximate surface area is 135 Å². The molecule has 3 rings (SSSR count). The predicted molar refractivity (Wildman–Crippen MR) is 87.1 cm³/mol. The summed E-state index contributed by atoms with van der Waals surface area (Å²) in [6, 6.07) is 9.60. The standard InChI is InChI=1S/C17H21N3O3/c1-22-12-8-17(18,9-12)16(21)19-10-11-7-15(23-2)20-14-6-4-3-5-13(11)14/h3-7,12H,8-10,18H2,1-2H3,(H,19,21). The van der Waals surface area contributed by atoms with E-state index in [1.54, 1.807) is 14.2 Å². The first-order chi connectivity index (χ1) is 11.1. The average Bonchev–Trinajstić information content (AvgIpc) is 2.55. The Morgan fingerprint density at radius 2 is 2.13 bits per heavy atom. The molecule has 1 aliphatic rings. The number of para-hydroxylation sites is 1. The van der Waals surface area contributed by atoms with E-state index in [1.807, 2.05) is 30.3 Å². The van der Waals surface area contributed by atoms with Crippen molar-refractivity contribution in [1.29, 1.82) is 0 Å². The molecule has 2 aromatic rings. The van der Waals surface area contributed by atoms with Crippen LogP contribution in [0.5, 0.6) is 5.88 Å². The largest absolute Gasteiger partial charge is 0.481 e. The van der Waals surface area contributed by atoms with Gasteiger partial charge in [0.05, 0.1) is 18.7 Å². The van der Waals surface area contributed by atoms with Crippen molar-refractivity contribution in [2.75, 3.05) is 14.2 Å². The molecule has 0 bridgehead atoms. The number of aromatic nitrogens is 1. The van der Waals surface area contributed by atoms with E-state index in [2.05, 4.69) is 10.3 Å². The lowest BCUT2D eigenvalue weighted by atomic mass is 9.74. The van der Waals surface area contributed by atoms with Gasteiger partial charge < -0.3 is 20.5 Å². The highest BCUT2D eigenvalue weighted by atomic mass is 16.5. The fourth-order valence-corrected chi connectivity index (χ4v) is 2.93. The number of hydrogen-bond donors (Lipinski definition) is 2. The van der Waals surface area contributed by atoms with Crippen LogP contribution in [0.2, 0.25) is 0 Å². The third-order valence-electron chi connectivity index (χ3n) is 4.40. The van der Waals surface area contributed by atoms with Gasteiger partial charge in [-0.05, 0) is 11.6 Å². The first-order valence-electron chi connectivity index (χ1n) is 7.58. The van der Waals surface area contributed by atoms with Gasteiger partial charge in [0.2, 0.25) is 11.8 Å². The number of nitrogens with zero attached hydrogens (tertiary/aromatic N) is 1. The SMILES string of the molecule is COc1cc(CNC(=O)C2(N)CC(OC)C2)c2ccccc2n1. The number of amides is 1. The molecule has 122 valence electrons. The van der Waals surface area contributed by atoms with E-state index in [0.29, 0.717) is 25.3 Å². The minimum Gasteiger partial charge on any atom is -0.481 e. The van der Waals surface area contributed by atoms with E-state index in [9.17, 15) is 4.79 Å². The Hall–Kier alpha value is -2.18. The second-order valence-electron chi connectivity index (χ2n) is 5.95. The Morgan fingerprint density at radius 1 is 1.39 bits per heavy atom. The minimum atomic E-state index is -0.826. The molecule has 1 saturated carbocycles. The molecule has 0 aliphatic heterocycles. The third kappa shape index (κ3) is 3.00. The molecule has 0 atom stereocenters. The molecule has 1 aliphatic carbocycles. The highest BCUT2D eigenvalue weighted by molar-refractivity contribution is 5.88. The molecule has 0 unspecified atom stereocenters. The molecule has 1 aromatic heterocycles. The van der Waals surface area contributed by atoms with Gasteiger partial charge in [-0.25, -0.2) is 4.98 Å². The first-order valence-corrected chi connectivity index (χ1v) is 7.58. The lowest BCUT2D eigenvalue weighted by molar-refractivity contribution is -0.135. The monoisotopic (exact) mass is 315 g/mol. The topological polar surface area (TPSA) is 86.5 Å². The van der Waals surface area contributed by atoms with Crippen molar-refractivity contribution in [2.24, 2.45) is 5.73 Å². The van der Waals surface area contributed by atoms with Crippen molar-refractivity contribution in [3.05, 3.63) is 35.9 Å². The average molecular weight is 315 g/mol. The van der Waals surface area contributed by atoms with Gasteiger partial charge in [0.25, 0.3) is 0 Å². The first kappa shape index (κ1) is 15.7. The highest BCUT2D eigenvalue weighted by Gasteiger charge is 2.47. The fourth-order valence-electron chi connectivity index (χ4n) is 2.93. The number of carbonyl (C=O) groups is 1. The van der Waals surface area contributed by atoms with Crippen molar-refractivity contribution >= 4 is 16.8 Å². The summed E-state index contributed by atoms with van der Waals surface area (Å²) in [4.78, 5) is 16.7. The van der Waals surface area contributed by atoms with E-state index in [0.717, 1.165) is 16.5 Å². The number of benzene rings is 1. The molecule has 1 aromatic carbocycles. The summed E-state index contributed by atoms with van der Waals surface area (Å²) in [7, 11) is 3.21. The van der Waals surface area contributed by atoms with Gasteiger partial charge in [-0.3, -0.25) is 4.79 Å². The lowest BCUT2D eigenvalue weighted by Crippen LogP contribution is -2.64. The summed E-state index contributed by atoms with van der Waals surface area (Å²) >= 11 is 0. The zero-order valence-corrected chi connectivity index (χ0v) is 13.3. The van der Waals surface area contributed by atoms with Crippen LogP contribution in [0.1, 0.15) is 18.4 Å². The number of pyridine rings is 1. The van der Waals surface area contributed by atoms with E-state index in [4.69, 9.17) is 15.2 Å². The number of nitrogens with two attached hydrogens (primary N) is 1. The minimum absolute atomic E-state index is 0.0765. The number of rotatable bonds is 5. The molecule has 6 heteroatoms. The molecule has 1 fully saturated rings. The number of nitrogens with one attached hydrogen (secondary N) is 1. The summed E-state index contributed by atoms with van der Waals surface area (Å²) in [6.45, 7) is 0.384. The quantitative estimate of drug-likeness (QED) is 0.870. The lowest BCUT2D eigenvalue weighted by Gasteiger charge is -2.42. The number of methoxy groups -OCH3 is 2. The predicted octanol–water partition coefficient (Wildman–Crippen LogP) is 1.37. The van der Waals surface area contributed by atoms with Crippen LogP contribution in [0, 0.1) is 0 Å². The van der Waals surface area contributed by atoms with Crippen molar-refractivity contribution in [3.8, 4) is 5.88 Å². The summed E-state index contributed by atoms with van der Waals surface area (Å²) < 4.78 is 10.4. The van der Waals surface area contributed by atoms with Gasteiger partial charge in [-0.15, -0.1) is 0 Å². The maximum absolute atomic E-state index is 12.3. The number of fused-ring (bicyclic) bond motifs is 1. The Bertz CT molecular complexity index is 726.